The molecular weight excluding hydrogens is 468 g/mol. The zero-order valence-electron chi connectivity index (χ0n) is 18.6. The topological polar surface area (TPSA) is 192 Å². The minimum atomic E-state index is -2.21. The molecule has 0 aromatic rings. The van der Waals surface area contributed by atoms with Gasteiger partial charge in [0.25, 0.3) is 0 Å². The summed E-state index contributed by atoms with van der Waals surface area (Å²) in [6.07, 6.45) is -4.94. The van der Waals surface area contributed by atoms with Crippen molar-refractivity contribution in [1.29, 1.82) is 0 Å². The molecule has 1 saturated heterocycles. The van der Waals surface area contributed by atoms with Crippen LogP contribution >= 0.6 is 11.6 Å². The van der Waals surface area contributed by atoms with Gasteiger partial charge in [0.05, 0.1) is 19.2 Å². The third-order valence-electron chi connectivity index (χ3n) is 4.38. The summed E-state index contributed by atoms with van der Waals surface area (Å²) in [7, 11) is 1.04. The maximum absolute atomic E-state index is 12.4. The zero-order chi connectivity index (χ0) is 25.3. The third kappa shape index (κ3) is 8.08. The molecule has 6 atom stereocenters. The average molecular weight is 493 g/mol. The fourth-order valence-electron chi connectivity index (χ4n) is 3.25. The van der Waals surface area contributed by atoms with E-state index in [-0.39, 0.29) is 0 Å². The van der Waals surface area contributed by atoms with Crippen LogP contribution in [-0.2, 0) is 47.7 Å². The summed E-state index contributed by atoms with van der Waals surface area (Å²) >= 11 is 6.34. The second-order valence-electron chi connectivity index (χ2n) is 7.03. The maximum Gasteiger partial charge on any atom is 0.354 e. The maximum atomic E-state index is 12.4. The van der Waals surface area contributed by atoms with Gasteiger partial charge in [-0.1, -0.05) is 16.7 Å². The zero-order valence-corrected chi connectivity index (χ0v) is 19.4. The molecule has 1 rings (SSSR count). The van der Waals surface area contributed by atoms with Gasteiger partial charge in [-0.3, -0.25) is 19.2 Å². The number of ether oxygens (including phenoxy) is 5. The van der Waals surface area contributed by atoms with Crippen molar-refractivity contribution in [3.05, 3.63) is 10.4 Å². The van der Waals surface area contributed by atoms with Gasteiger partial charge in [0, 0.05) is 39.0 Å². The molecule has 1 aliphatic heterocycles. The average Bonchev–Trinajstić information content (AvgIpc) is 2.70. The minimum Gasteiger partial charge on any atom is -0.466 e. The molecule has 33 heavy (non-hydrogen) atoms. The van der Waals surface area contributed by atoms with E-state index in [2.05, 4.69) is 20.1 Å². The molecule has 0 bridgehead atoms. The Morgan fingerprint density at radius 1 is 1.15 bits per heavy atom. The summed E-state index contributed by atoms with van der Waals surface area (Å²) in [5.74, 6) is -4.07. The Bertz CT molecular complexity index is 833. The molecule has 0 saturated carbocycles. The summed E-state index contributed by atoms with van der Waals surface area (Å²) in [5.41, 5.74) is 9.01. The number of hydrogen-bond donors (Lipinski definition) is 1. The highest BCUT2D eigenvalue weighted by Gasteiger charge is 2.56. The summed E-state index contributed by atoms with van der Waals surface area (Å²) in [6.45, 7) is 3.79. The molecule has 0 aromatic heterocycles. The number of amides is 1. The molecule has 0 radical (unpaired) electrons. The standard InChI is InChI=1S/C18H25ClN4O10/c1-8(24)21-14-12(22-23-20)6-18(19,17(28)29-5)33-16(14)15(32-11(4)27)13(31-10(3)26)7-30-9(2)25/h12-16H,6-7H2,1-5H3,(H,21,24)/t12-,13+,14+,15+,16+,18-/m0/s1. The first-order valence-corrected chi connectivity index (χ1v) is 9.96. The summed E-state index contributed by atoms with van der Waals surface area (Å²) in [5, 5.41) is 3.89. The largest absolute Gasteiger partial charge is 0.466 e. The highest BCUT2D eigenvalue weighted by Crippen LogP contribution is 2.38. The van der Waals surface area contributed by atoms with E-state index < -0.39 is 78.3 Å². The van der Waals surface area contributed by atoms with Crippen molar-refractivity contribution in [3.8, 4) is 0 Å². The SMILES string of the molecule is COC(=O)[C@]1(Cl)C[C@H](N=[N+]=[N-])[C@@H](NC(C)=O)[C@H]([C@H](OC(C)=O)[C@@H](COC(C)=O)OC(C)=O)O1. The molecule has 1 fully saturated rings. The van der Waals surface area contributed by atoms with Crippen molar-refractivity contribution in [2.24, 2.45) is 5.11 Å². The molecule has 1 aliphatic rings. The van der Waals surface area contributed by atoms with Gasteiger partial charge >= 0.3 is 23.9 Å². The van der Waals surface area contributed by atoms with Crippen LogP contribution in [-0.4, -0.2) is 79.0 Å². The molecule has 0 spiro atoms. The van der Waals surface area contributed by atoms with Crippen LogP contribution < -0.4 is 5.32 Å². The Hall–Kier alpha value is -3.09. The number of halogens is 1. The normalized spacial score (nSPS) is 25.9. The monoisotopic (exact) mass is 492 g/mol. The molecule has 1 heterocycles. The number of carbonyl (C=O) groups excluding carboxylic acids is 5. The van der Waals surface area contributed by atoms with E-state index in [1.165, 1.54) is 0 Å². The summed E-state index contributed by atoms with van der Waals surface area (Å²) in [4.78, 5) is 61.9. The van der Waals surface area contributed by atoms with Gasteiger partial charge in [0.2, 0.25) is 11.0 Å². The van der Waals surface area contributed by atoms with Gasteiger partial charge in [-0.15, -0.1) is 0 Å². The van der Waals surface area contributed by atoms with Gasteiger partial charge < -0.3 is 29.0 Å². The third-order valence-corrected chi connectivity index (χ3v) is 4.78. The lowest BCUT2D eigenvalue weighted by Crippen LogP contribution is -2.66. The van der Waals surface area contributed by atoms with Gasteiger partial charge in [-0.05, 0) is 5.53 Å². The van der Waals surface area contributed by atoms with Crippen LogP contribution in [0.2, 0.25) is 0 Å². The van der Waals surface area contributed by atoms with E-state index in [0.29, 0.717) is 0 Å². The number of alkyl halides is 1. The van der Waals surface area contributed by atoms with E-state index in [9.17, 15) is 24.0 Å². The fourth-order valence-corrected chi connectivity index (χ4v) is 3.59. The van der Waals surface area contributed by atoms with Crippen LogP contribution in [0.25, 0.3) is 10.4 Å². The number of azide groups is 1. The highest BCUT2D eigenvalue weighted by atomic mass is 35.5. The fraction of sp³-hybridized carbons (Fsp3) is 0.722. The van der Waals surface area contributed by atoms with E-state index in [0.717, 1.165) is 34.8 Å². The van der Waals surface area contributed by atoms with Crippen LogP contribution in [0.1, 0.15) is 34.1 Å². The molecule has 14 nitrogen and oxygen atoms in total. The van der Waals surface area contributed by atoms with Crippen molar-refractivity contribution < 1.29 is 47.7 Å². The quantitative estimate of drug-likeness (QED) is 0.118. The van der Waals surface area contributed by atoms with E-state index >= 15 is 0 Å². The number of nitrogens with zero attached hydrogens (tertiary/aromatic N) is 3. The number of nitrogens with one attached hydrogen (secondary N) is 1. The molecule has 0 aliphatic carbocycles. The number of rotatable bonds is 9. The predicted octanol–water partition coefficient (Wildman–Crippen LogP) is 0.494. The van der Waals surface area contributed by atoms with Crippen molar-refractivity contribution in [1.82, 2.24) is 5.32 Å². The number of esters is 4. The Balaban J connectivity index is 3.63. The predicted molar refractivity (Wildman–Crippen MR) is 108 cm³/mol. The van der Waals surface area contributed by atoms with Gasteiger partial charge in [0.1, 0.15) is 12.7 Å². The molecule has 15 heteroatoms. The molecular formula is C18H25ClN4O10. The van der Waals surface area contributed by atoms with Crippen molar-refractivity contribution in [2.75, 3.05) is 13.7 Å². The highest BCUT2D eigenvalue weighted by molar-refractivity contribution is 6.32. The van der Waals surface area contributed by atoms with Crippen molar-refractivity contribution in [3.63, 3.8) is 0 Å². The number of hydrogen-bond acceptors (Lipinski definition) is 11. The van der Waals surface area contributed by atoms with Crippen LogP contribution in [0, 0.1) is 0 Å². The molecule has 0 unspecified atom stereocenters. The van der Waals surface area contributed by atoms with Crippen molar-refractivity contribution in [2.45, 2.75) is 69.6 Å². The number of methoxy groups -OCH3 is 1. The van der Waals surface area contributed by atoms with E-state index in [1.54, 1.807) is 0 Å². The van der Waals surface area contributed by atoms with Gasteiger partial charge in [-0.2, -0.15) is 0 Å². The summed E-state index contributed by atoms with van der Waals surface area (Å²) in [6, 6.07) is -2.38. The van der Waals surface area contributed by atoms with Crippen LogP contribution in [0.4, 0.5) is 0 Å². The van der Waals surface area contributed by atoms with Gasteiger partial charge in [-0.25, -0.2) is 4.79 Å². The Labute approximate surface area is 193 Å². The minimum absolute atomic E-state index is 0.415. The van der Waals surface area contributed by atoms with E-state index in [4.69, 9.17) is 36.1 Å². The van der Waals surface area contributed by atoms with Gasteiger partial charge in [0.15, 0.2) is 12.2 Å². The first kappa shape index (κ1) is 27.9. The lowest BCUT2D eigenvalue weighted by atomic mass is 9.88. The Morgan fingerprint density at radius 2 is 1.76 bits per heavy atom. The number of carbonyl (C=O) groups is 5. The Morgan fingerprint density at radius 3 is 2.21 bits per heavy atom. The summed E-state index contributed by atoms with van der Waals surface area (Å²) < 4.78 is 25.8. The first-order valence-electron chi connectivity index (χ1n) is 9.58. The second kappa shape index (κ2) is 12.2. The second-order valence-corrected chi connectivity index (χ2v) is 7.64. The van der Waals surface area contributed by atoms with Crippen LogP contribution in [0.15, 0.2) is 5.11 Å². The van der Waals surface area contributed by atoms with Crippen LogP contribution in [0.5, 0.6) is 0 Å². The lowest BCUT2D eigenvalue weighted by Gasteiger charge is -2.46. The van der Waals surface area contributed by atoms with E-state index in [1.807, 2.05) is 0 Å². The van der Waals surface area contributed by atoms with Crippen molar-refractivity contribution >= 4 is 41.4 Å². The molecule has 184 valence electrons. The molecule has 1 N–H and O–H groups in total. The smallest absolute Gasteiger partial charge is 0.354 e. The first-order chi connectivity index (χ1) is 15.3. The Kier molecular flexibility index (Phi) is 10.4. The van der Waals surface area contributed by atoms with Crippen LogP contribution in [0.3, 0.4) is 0 Å². The molecule has 1 amide bonds. The lowest BCUT2D eigenvalue weighted by molar-refractivity contribution is -0.212. The molecule has 0 aromatic carbocycles.